The van der Waals surface area contributed by atoms with Gasteiger partial charge in [0, 0.05) is 11.1 Å². The van der Waals surface area contributed by atoms with Crippen molar-refractivity contribution in [3.05, 3.63) is 39.8 Å². The molecule has 0 aliphatic rings. The summed E-state index contributed by atoms with van der Waals surface area (Å²) in [6.07, 6.45) is 1.30. The average Bonchev–Trinajstić information content (AvgIpc) is 2.12. The molecule has 0 spiro atoms. The lowest BCUT2D eigenvalue weighted by Crippen LogP contribution is -2.28. The molecule has 0 saturated heterocycles. The van der Waals surface area contributed by atoms with Crippen LogP contribution in [-0.4, -0.2) is 4.98 Å². The van der Waals surface area contributed by atoms with Gasteiger partial charge in [-0.25, -0.2) is 4.98 Å². The van der Waals surface area contributed by atoms with Crippen LogP contribution in [0.3, 0.4) is 0 Å². The largest absolute Gasteiger partial charge is 0.617 e. The molecule has 0 atom stereocenters. The van der Waals surface area contributed by atoms with Crippen molar-refractivity contribution in [2.75, 3.05) is 0 Å². The second kappa shape index (κ2) is 3.01. The highest BCUT2D eigenvalue weighted by Gasteiger charge is 2.08. The summed E-state index contributed by atoms with van der Waals surface area (Å²) in [4.78, 5) is 3.97. The molecular formula is C8H4Cl2N2O. The molecule has 2 rings (SSSR count). The molecule has 0 amide bonds. The maximum Gasteiger partial charge on any atom is 0.305 e. The van der Waals surface area contributed by atoms with Gasteiger partial charge in [-0.15, -0.1) is 0 Å². The highest BCUT2D eigenvalue weighted by molar-refractivity contribution is 6.31. The number of aromatic nitrogens is 2. The summed E-state index contributed by atoms with van der Waals surface area (Å²) in [7, 11) is 0. The molecule has 1 heterocycles. The molecule has 1 aromatic heterocycles. The minimum atomic E-state index is 0.0508. The predicted molar refractivity (Wildman–Crippen MR) is 50.7 cm³/mol. The first-order valence-electron chi connectivity index (χ1n) is 3.52. The van der Waals surface area contributed by atoms with Crippen LogP contribution in [0.15, 0.2) is 24.4 Å². The predicted octanol–water partition coefficient (Wildman–Crippen LogP) is 2.17. The lowest BCUT2D eigenvalue weighted by molar-refractivity contribution is -0.575. The Morgan fingerprint density at radius 3 is 2.85 bits per heavy atom. The third-order valence-corrected chi connectivity index (χ3v) is 2.15. The number of hydrogen-bond acceptors (Lipinski definition) is 2. The highest BCUT2D eigenvalue weighted by atomic mass is 35.5. The molecule has 5 heteroatoms. The molecule has 3 nitrogen and oxygen atoms in total. The Kier molecular flexibility index (Phi) is 1.98. The van der Waals surface area contributed by atoms with Gasteiger partial charge in [-0.2, -0.15) is 4.73 Å². The third kappa shape index (κ3) is 1.41. The van der Waals surface area contributed by atoms with E-state index in [0.717, 1.165) is 0 Å². The number of rotatable bonds is 0. The van der Waals surface area contributed by atoms with Crippen LogP contribution >= 0.6 is 23.2 Å². The van der Waals surface area contributed by atoms with E-state index in [-0.39, 0.29) is 5.15 Å². The second-order valence-electron chi connectivity index (χ2n) is 2.51. The van der Waals surface area contributed by atoms with Crippen LogP contribution < -0.4 is 4.73 Å². The Morgan fingerprint density at radius 1 is 1.31 bits per heavy atom. The van der Waals surface area contributed by atoms with Crippen LogP contribution in [0.2, 0.25) is 10.2 Å². The smallest absolute Gasteiger partial charge is 0.305 e. The number of halogens is 2. The zero-order valence-corrected chi connectivity index (χ0v) is 7.88. The van der Waals surface area contributed by atoms with Gasteiger partial charge >= 0.3 is 5.15 Å². The number of fused-ring (bicyclic) bond motifs is 1. The molecule has 0 saturated carbocycles. The molecule has 0 N–H and O–H groups in total. The molecule has 1 aromatic carbocycles. The van der Waals surface area contributed by atoms with Crippen molar-refractivity contribution in [2.24, 2.45) is 0 Å². The summed E-state index contributed by atoms with van der Waals surface area (Å²) in [5, 5.41) is 11.9. The Balaban J connectivity index is 2.87. The van der Waals surface area contributed by atoms with Crippen molar-refractivity contribution < 1.29 is 4.73 Å². The van der Waals surface area contributed by atoms with Gasteiger partial charge in [0.25, 0.3) is 0 Å². The third-order valence-electron chi connectivity index (χ3n) is 1.66. The quantitative estimate of drug-likeness (QED) is 0.499. The van der Waals surface area contributed by atoms with Crippen LogP contribution in [0.1, 0.15) is 0 Å². The molecule has 0 aliphatic heterocycles. The number of benzene rings is 1. The zero-order chi connectivity index (χ0) is 9.42. The Hall–Kier alpha value is -1.06. The van der Waals surface area contributed by atoms with Crippen LogP contribution in [0, 0.1) is 5.21 Å². The van der Waals surface area contributed by atoms with Crippen LogP contribution in [-0.2, 0) is 0 Å². The topological polar surface area (TPSA) is 39.8 Å². The van der Waals surface area contributed by atoms with Crippen LogP contribution in [0.4, 0.5) is 0 Å². The average molecular weight is 215 g/mol. The number of nitrogens with zero attached hydrogens (tertiary/aromatic N) is 2. The summed E-state index contributed by atoms with van der Waals surface area (Å²) >= 11 is 11.3. The summed E-state index contributed by atoms with van der Waals surface area (Å²) in [6, 6.07) is 4.82. The summed E-state index contributed by atoms with van der Waals surface area (Å²) < 4.78 is 0.611. The van der Waals surface area contributed by atoms with E-state index in [9.17, 15) is 5.21 Å². The van der Waals surface area contributed by atoms with Gasteiger partial charge in [0.05, 0.1) is 0 Å². The van der Waals surface area contributed by atoms with Crippen LogP contribution in [0.25, 0.3) is 11.0 Å². The van der Waals surface area contributed by atoms with Gasteiger partial charge in [0.15, 0.2) is 0 Å². The van der Waals surface area contributed by atoms with E-state index in [1.165, 1.54) is 6.20 Å². The van der Waals surface area contributed by atoms with Gasteiger partial charge in [-0.3, -0.25) is 0 Å². The van der Waals surface area contributed by atoms with Gasteiger partial charge < -0.3 is 5.21 Å². The van der Waals surface area contributed by atoms with E-state index >= 15 is 0 Å². The maximum atomic E-state index is 11.3. The first kappa shape index (κ1) is 8.53. The summed E-state index contributed by atoms with van der Waals surface area (Å²) in [5.74, 6) is 0. The second-order valence-corrected chi connectivity index (χ2v) is 3.33. The van der Waals surface area contributed by atoms with Crippen molar-refractivity contribution in [3.8, 4) is 0 Å². The molecule has 2 aromatic rings. The highest BCUT2D eigenvalue weighted by Crippen LogP contribution is 2.15. The van der Waals surface area contributed by atoms with Crippen molar-refractivity contribution in [3.63, 3.8) is 0 Å². The fourth-order valence-electron chi connectivity index (χ4n) is 1.06. The van der Waals surface area contributed by atoms with E-state index in [1.54, 1.807) is 18.2 Å². The Labute approximate surface area is 84.1 Å². The van der Waals surface area contributed by atoms with Crippen LogP contribution in [0.5, 0.6) is 0 Å². The standard InChI is InChI=1S/C8H4Cl2N2O/c9-5-1-2-7-6(3-5)11-4-8(10)12(7)13/h1-4H. The van der Waals surface area contributed by atoms with Crippen molar-refractivity contribution >= 4 is 34.2 Å². The SMILES string of the molecule is [O-][n+]1c(Cl)cnc2cc(Cl)ccc21. The van der Waals surface area contributed by atoms with E-state index in [2.05, 4.69) is 4.98 Å². The lowest BCUT2D eigenvalue weighted by atomic mass is 10.3. The van der Waals surface area contributed by atoms with Crippen molar-refractivity contribution in [2.45, 2.75) is 0 Å². The molecule has 0 unspecified atom stereocenters. The molecule has 13 heavy (non-hydrogen) atoms. The normalized spacial score (nSPS) is 10.6. The van der Waals surface area contributed by atoms with Gasteiger partial charge in [0.2, 0.25) is 5.52 Å². The minimum absolute atomic E-state index is 0.0508. The molecule has 0 aliphatic carbocycles. The Bertz CT molecular complexity index is 473. The fraction of sp³-hybridized carbons (Fsp3) is 0. The van der Waals surface area contributed by atoms with E-state index in [0.29, 0.717) is 20.8 Å². The zero-order valence-electron chi connectivity index (χ0n) is 6.37. The van der Waals surface area contributed by atoms with Crippen molar-refractivity contribution in [1.82, 2.24) is 4.98 Å². The monoisotopic (exact) mass is 214 g/mol. The summed E-state index contributed by atoms with van der Waals surface area (Å²) in [5.41, 5.74) is 0.948. The van der Waals surface area contributed by atoms with E-state index in [4.69, 9.17) is 23.2 Å². The van der Waals surface area contributed by atoms with Gasteiger partial charge in [0.1, 0.15) is 11.7 Å². The molecule has 0 bridgehead atoms. The van der Waals surface area contributed by atoms with Crippen molar-refractivity contribution in [1.29, 1.82) is 0 Å². The summed E-state index contributed by atoms with van der Waals surface area (Å²) in [6.45, 7) is 0. The number of hydrogen-bond donors (Lipinski definition) is 0. The first-order valence-corrected chi connectivity index (χ1v) is 4.27. The maximum absolute atomic E-state index is 11.3. The lowest BCUT2D eigenvalue weighted by Gasteiger charge is -2.01. The minimum Gasteiger partial charge on any atom is -0.617 e. The van der Waals surface area contributed by atoms with Gasteiger partial charge in [-0.05, 0) is 23.7 Å². The molecular weight excluding hydrogens is 211 g/mol. The van der Waals surface area contributed by atoms with E-state index < -0.39 is 0 Å². The molecule has 66 valence electrons. The first-order chi connectivity index (χ1) is 6.18. The van der Waals surface area contributed by atoms with E-state index in [1.807, 2.05) is 0 Å². The van der Waals surface area contributed by atoms with Gasteiger partial charge in [-0.1, -0.05) is 11.6 Å². The molecule has 0 radical (unpaired) electrons. The molecule has 0 fully saturated rings. The fourth-order valence-corrected chi connectivity index (χ4v) is 1.37. The Morgan fingerprint density at radius 2 is 2.08 bits per heavy atom.